The number of nitrogens with one attached hydrogen (secondary N) is 1. The van der Waals surface area contributed by atoms with E-state index in [1.807, 2.05) is 35.7 Å². The van der Waals surface area contributed by atoms with Crippen molar-refractivity contribution in [3.63, 3.8) is 0 Å². The third-order valence-electron chi connectivity index (χ3n) is 4.75. The van der Waals surface area contributed by atoms with Gasteiger partial charge in [-0.3, -0.25) is 14.9 Å². The van der Waals surface area contributed by atoms with Crippen LogP contribution in [0.25, 0.3) is 11.3 Å². The third-order valence-corrected chi connectivity index (χ3v) is 5.50. The van der Waals surface area contributed by atoms with Crippen LogP contribution in [0.15, 0.2) is 47.9 Å². The first kappa shape index (κ1) is 16.0. The van der Waals surface area contributed by atoms with Gasteiger partial charge in [-0.1, -0.05) is 42.5 Å². The number of esters is 1. The standard InChI is InChI=1S/C19H18N2O3S/c22-17(10-24-18(23)15-9-12-6-7-14(15)8-12)21-19-20-16(11-25-19)13-4-2-1-3-5-13/h1-7,11-12,14-15H,8-10H2,(H,20,21,22)/t12-,14-,15-/m1/s1. The van der Waals surface area contributed by atoms with Crippen molar-refractivity contribution in [2.24, 2.45) is 17.8 Å². The Bertz CT molecular complexity index is 815. The first-order valence-electron chi connectivity index (χ1n) is 8.35. The molecule has 25 heavy (non-hydrogen) atoms. The van der Waals surface area contributed by atoms with Crippen LogP contribution in [0, 0.1) is 17.8 Å². The van der Waals surface area contributed by atoms with Crippen molar-refractivity contribution < 1.29 is 14.3 Å². The molecule has 5 nitrogen and oxygen atoms in total. The Morgan fingerprint density at radius 1 is 1.20 bits per heavy atom. The van der Waals surface area contributed by atoms with E-state index in [1.54, 1.807) is 0 Å². The van der Waals surface area contributed by atoms with E-state index < -0.39 is 0 Å². The zero-order valence-corrected chi connectivity index (χ0v) is 14.4. The molecule has 3 atom stereocenters. The van der Waals surface area contributed by atoms with Crippen LogP contribution in [0.4, 0.5) is 5.13 Å². The second-order valence-corrected chi connectivity index (χ2v) is 7.30. The minimum atomic E-state index is -0.360. The molecule has 4 rings (SSSR count). The monoisotopic (exact) mass is 354 g/mol. The summed E-state index contributed by atoms with van der Waals surface area (Å²) in [6.07, 6.45) is 6.15. The lowest BCUT2D eigenvalue weighted by atomic mass is 9.94. The Labute approximate surface area is 149 Å². The van der Waals surface area contributed by atoms with Crippen LogP contribution in [0.2, 0.25) is 0 Å². The Balaban J connectivity index is 1.29. The van der Waals surface area contributed by atoms with Gasteiger partial charge in [0, 0.05) is 10.9 Å². The Hall–Kier alpha value is -2.47. The number of rotatable bonds is 5. The van der Waals surface area contributed by atoms with Gasteiger partial charge in [-0.05, 0) is 24.7 Å². The maximum atomic E-state index is 12.1. The molecule has 2 bridgehead atoms. The maximum absolute atomic E-state index is 12.1. The summed E-state index contributed by atoms with van der Waals surface area (Å²) in [5, 5.41) is 5.08. The smallest absolute Gasteiger partial charge is 0.310 e. The van der Waals surface area contributed by atoms with E-state index in [1.165, 1.54) is 11.3 Å². The molecule has 2 aliphatic carbocycles. The van der Waals surface area contributed by atoms with Crippen LogP contribution in [0.1, 0.15) is 12.8 Å². The van der Waals surface area contributed by atoms with Gasteiger partial charge in [0.2, 0.25) is 0 Å². The van der Waals surface area contributed by atoms with Crippen LogP contribution in [-0.2, 0) is 14.3 Å². The van der Waals surface area contributed by atoms with Crippen LogP contribution in [0.5, 0.6) is 0 Å². The third kappa shape index (κ3) is 3.49. The number of fused-ring (bicyclic) bond motifs is 2. The highest BCUT2D eigenvalue weighted by Gasteiger charge is 2.40. The van der Waals surface area contributed by atoms with Crippen molar-refractivity contribution >= 4 is 28.3 Å². The molecule has 0 radical (unpaired) electrons. The SMILES string of the molecule is O=C(COC(=O)[C@@H]1C[C@@H]2C=C[C@@H]1C2)Nc1nc(-c2ccccc2)cs1. The summed E-state index contributed by atoms with van der Waals surface area (Å²) in [7, 11) is 0. The zero-order valence-electron chi connectivity index (χ0n) is 13.6. The van der Waals surface area contributed by atoms with Gasteiger partial charge in [-0.2, -0.15) is 0 Å². The lowest BCUT2D eigenvalue weighted by Gasteiger charge is -2.16. The zero-order chi connectivity index (χ0) is 17.2. The maximum Gasteiger partial charge on any atom is 0.310 e. The molecule has 1 heterocycles. The lowest BCUT2D eigenvalue weighted by molar-refractivity contribution is -0.152. The molecule has 0 saturated heterocycles. The molecular weight excluding hydrogens is 336 g/mol. The van der Waals surface area contributed by atoms with Crippen molar-refractivity contribution in [1.29, 1.82) is 0 Å². The normalized spacial score (nSPS) is 23.6. The number of aromatic nitrogens is 1. The number of benzene rings is 1. The first-order chi connectivity index (χ1) is 12.2. The number of amides is 1. The van der Waals surface area contributed by atoms with Gasteiger partial charge >= 0.3 is 5.97 Å². The summed E-state index contributed by atoms with van der Waals surface area (Å²) in [5.41, 5.74) is 1.81. The number of hydrogen-bond acceptors (Lipinski definition) is 5. The fourth-order valence-corrected chi connectivity index (χ4v) is 4.26. The minimum absolute atomic E-state index is 0.0904. The molecule has 1 aromatic heterocycles. The predicted molar refractivity (Wildman–Crippen MR) is 96.0 cm³/mol. The van der Waals surface area contributed by atoms with E-state index in [2.05, 4.69) is 22.5 Å². The molecule has 0 spiro atoms. The van der Waals surface area contributed by atoms with Crippen molar-refractivity contribution in [2.45, 2.75) is 12.8 Å². The van der Waals surface area contributed by atoms with Crippen LogP contribution < -0.4 is 5.32 Å². The molecule has 1 fully saturated rings. The van der Waals surface area contributed by atoms with Gasteiger partial charge in [0.1, 0.15) is 0 Å². The largest absolute Gasteiger partial charge is 0.455 e. The van der Waals surface area contributed by atoms with Gasteiger partial charge in [0.05, 0.1) is 11.6 Å². The number of ether oxygens (including phenoxy) is 1. The average Bonchev–Trinajstić information content (AvgIpc) is 3.37. The summed E-state index contributed by atoms with van der Waals surface area (Å²) < 4.78 is 5.20. The van der Waals surface area contributed by atoms with Crippen molar-refractivity contribution in [3.05, 3.63) is 47.9 Å². The van der Waals surface area contributed by atoms with E-state index in [0.717, 1.165) is 24.1 Å². The molecule has 2 aromatic rings. The number of allylic oxidation sites excluding steroid dienone is 2. The van der Waals surface area contributed by atoms with Gasteiger partial charge in [0.25, 0.3) is 5.91 Å². The average molecular weight is 354 g/mol. The molecule has 0 unspecified atom stereocenters. The van der Waals surface area contributed by atoms with Crippen molar-refractivity contribution in [1.82, 2.24) is 4.98 Å². The summed E-state index contributed by atoms with van der Waals surface area (Å²) in [6.45, 7) is -0.267. The number of nitrogens with zero attached hydrogens (tertiary/aromatic N) is 1. The van der Waals surface area contributed by atoms with Crippen molar-refractivity contribution in [3.8, 4) is 11.3 Å². The number of thiazole rings is 1. The minimum Gasteiger partial charge on any atom is -0.455 e. The Morgan fingerprint density at radius 3 is 2.76 bits per heavy atom. The van der Waals surface area contributed by atoms with E-state index in [4.69, 9.17) is 4.74 Å². The fourth-order valence-electron chi connectivity index (χ4n) is 3.52. The predicted octanol–water partition coefficient (Wildman–Crippen LogP) is 3.50. The molecule has 1 saturated carbocycles. The summed E-state index contributed by atoms with van der Waals surface area (Å²) in [4.78, 5) is 28.5. The first-order valence-corrected chi connectivity index (χ1v) is 9.23. The second-order valence-electron chi connectivity index (χ2n) is 6.45. The highest BCUT2D eigenvalue weighted by Crippen LogP contribution is 2.43. The van der Waals surface area contributed by atoms with Gasteiger partial charge in [0.15, 0.2) is 11.7 Å². The summed E-state index contributed by atoms with van der Waals surface area (Å²) in [5.74, 6) is 0.0699. The molecule has 6 heteroatoms. The van der Waals surface area contributed by atoms with E-state index >= 15 is 0 Å². The number of hydrogen-bond donors (Lipinski definition) is 1. The van der Waals surface area contributed by atoms with Crippen molar-refractivity contribution in [2.75, 3.05) is 11.9 Å². The molecule has 1 aromatic carbocycles. The van der Waals surface area contributed by atoms with Gasteiger partial charge in [-0.25, -0.2) is 4.98 Å². The van der Waals surface area contributed by atoms with Crippen LogP contribution >= 0.6 is 11.3 Å². The van der Waals surface area contributed by atoms with E-state index in [0.29, 0.717) is 11.0 Å². The topological polar surface area (TPSA) is 68.3 Å². The molecule has 1 N–H and O–H groups in total. The van der Waals surface area contributed by atoms with Gasteiger partial charge < -0.3 is 4.74 Å². The molecule has 0 aliphatic heterocycles. The van der Waals surface area contributed by atoms with E-state index in [9.17, 15) is 9.59 Å². The molecular formula is C19H18N2O3S. The quantitative estimate of drug-likeness (QED) is 0.659. The molecule has 2 aliphatic rings. The van der Waals surface area contributed by atoms with Crippen LogP contribution in [-0.4, -0.2) is 23.5 Å². The molecule has 1 amide bonds. The van der Waals surface area contributed by atoms with E-state index in [-0.39, 0.29) is 30.3 Å². The highest BCUT2D eigenvalue weighted by molar-refractivity contribution is 7.14. The Morgan fingerprint density at radius 2 is 2.04 bits per heavy atom. The molecule has 128 valence electrons. The van der Waals surface area contributed by atoms with Crippen LogP contribution in [0.3, 0.4) is 0 Å². The Kier molecular flexibility index (Phi) is 4.36. The number of carbonyl (C=O) groups is 2. The highest BCUT2D eigenvalue weighted by atomic mass is 32.1. The summed E-state index contributed by atoms with van der Waals surface area (Å²) >= 11 is 1.35. The number of anilines is 1. The fraction of sp³-hybridized carbons (Fsp3) is 0.316. The number of carbonyl (C=O) groups excluding carboxylic acids is 2. The lowest BCUT2D eigenvalue weighted by Crippen LogP contribution is -2.26. The second kappa shape index (κ2) is 6.80. The van der Waals surface area contributed by atoms with Gasteiger partial charge in [-0.15, -0.1) is 11.3 Å². The summed E-state index contributed by atoms with van der Waals surface area (Å²) in [6, 6.07) is 9.76.